The summed E-state index contributed by atoms with van der Waals surface area (Å²) in [4.78, 5) is 37.6. The first kappa shape index (κ1) is 23.4. The first-order valence-corrected chi connectivity index (χ1v) is 9.65. The van der Waals surface area contributed by atoms with E-state index in [9.17, 15) is 14.4 Å². The van der Waals surface area contributed by atoms with Crippen molar-refractivity contribution in [3.05, 3.63) is 65.7 Å². The monoisotopic (exact) mass is 423 g/mol. The van der Waals surface area contributed by atoms with Gasteiger partial charge in [0, 0.05) is 12.2 Å². The third kappa shape index (κ3) is 7.82. The number of anilines is 1. The average Bonchev–Trinajstić information content (AvgIpc) is 2.74. The Morgan fingerprint density at radius 3 is 2.26 bits per heavy atom. The van der Waals surface area contributed by atoms with Gasteiger partial charge >= 0.3 is 12.1 Å². The topological polar surface area (TPSA) is 109 Å². The predicted molar refractivity (Wildman–Crippen MR) is 114 cm³/mol. The molecule has 0 fully saturated rings. The van der Waals surface area contributed by atoms with Crippen LogP contribution in [-0.4, -0.2) is 36.7 Å². The number of esters is 1. The van der Waals surface area contributed by atoms with Crippen molar-refractivity contribution in [1.82, 2.24) is 5.32 Å². The van der Waals surface area contributed by atoms with Crippen LogP contribution in [0.15, 0.2) is 54.6 Å². The number of amides is 2. The molecule has 0 bridgehead atoms. The van der Waals surface area contributed by atoms with Crippen LogP contribution >= 0.6 is 0 Å². The number of benzene rings is 2. The summed E-state index contributed by atoms with van der Waals surface area (Å²) < 4.78 is 10.3. The van der Waals surface area contributed by atoms with Crippen molar-refractivity contribution in [2.24, 2.45) is 0 Å². The molecule has 0 aliphatic rings. The van der Waals surface area contributed by atoms with Crippen LogP contribution in [0.2, 0.25) is 0 Å². The zero-order valence-electron chi connectivity index (χ0n) is 17.8. The molecule has 0 aliphatic carbocycles. The van der Waals surface area contributed by atoms with Crippen molar-refractivity contribution in [3.8, 4) is 6.07 Å². The first-order valence-electron chi connectivity index (χ1n) is 9.65. The van der Waals surface area contributed by atoms with Crippen molar-refractivity contribution >= 4 is 23.7 Å². The van der Waals surface area contributed by atoms with Gasteiger partial charge in [-0.3, -0.25) is 9.69 Å². The lowest BCUT2D eigenvalue weighted by Crippen LogP contribution is -2.35. The lowest BCUT2D eigenvalue weighted by atomic mass is 10.1. The minimum Gasteiger partial charge on any atom is -0.452 e. The van der Waals surface area contributed by atoms with E-state index in [1.165, 1.54) is 4.90 Å². The lowest BCUT2D eigenvalue weighted by molar-refractivity contribution is -0.121. The standard InChI is InChI=1S/C23H25N3O5/c1-23(2,3)31-22(29)25-15-17-9-11-18(12-10-17)21(28)30-16-20(27)26(14-13-24)19-7-5-4-6-8-19/h4-12H,14-16H2,1-3H3,(H,25,29). The van der Waals surface area contributed by atoms with Gasteiger partial charge < -0.3 is 14.8 Å². The molecule has 1 N–H and O–H groups in total. The van der Waals surface area contributed by atoms with Gasteiger partial charge in [0.1, 0.15) is 12.1 Å². The quantitative estimate of drug-likeness (QED) is 0.540. The molecule has 162 valence electrons. The molecule has 0 saturated carbocycles. The summed E-state index contributed by atoms with van der Waals surface area (Å²) >= 11 is 0. The Morgan fingerprint density at radius 2 is 1.68 bits per heavy atom. The fraction of sp³-hybridized carbons (Fsp3) is 0.304. The van der Waals surface area contributed by atoms with Crippen molar-refractivity contribution < 1.29 is 23.9 Å². The van der Waals surface area contributed by atoms with E-state index in [-0.39, 0.29) is 18.7 Å². The maximum atomic E-state index is 12.4. The van der Waals surface area contributed by atoms with Crippen LogP contribution in [0, 0.1) is 11.3 Å². The average molecular weight is 423 g/mol. The van der Waals surface area contributed by atoms with Crippen molar-refractivity contribution in [1.29, 1.82) is 5.26 Å². The van der Waals surface area contributed by atoms with Gasteiger partial charge in [-0.15, -0.1) is 0 Å². The number of nitriles is 1. The Bertz CT molecular complexity index is 944. The van der Waals surface area contributed by atoms with Crippen LogP contribution < -0.4 is 10.2 Å². The summed E-state index contributed by atoms with van der Waals surface area (Å²) in [5.74, 6) is -1.16. The molecular weight excluding hydrogens is 398 g/mol. The van der Waals surface area contributed by atoms with E-state index in [1.807, 2.05) is 6.07 Å². The maximum absolute atomic E-state index is 12.4. The minimum absolute atomic E-state index is 0.153. The molecule has 2 amide bonds. The Labute approximate surface area is 181 Å². The van der Waals surface area contributed by atoms with Crippen molar-refractivity contribution in [2.75, 3.05) is 18.1 Å². The van der Waals surface area contributed by atoms with E-state index in [1.54, 1.807) is 75.4 Å². The Kier molecular flexibility index (Phi) is 8.15. The summed E-state index contributed by atoms with van der Waals surface area (Å²) in [7, 11) is 0. The number of hydrogen-bond donors (Lipinski definition) is 1. The van der Waals surface area contributed by atoms with Crippen LogP contribution in [0.25, 0.3) is 0 Å². The third-order valence-electron chi connectivity index (χ3n) is 3.95. The number of para-hydroxylation sites is 1. The fourth-order valence-corrected chi connectivity index (χ4v) is 2.54. The number of carbonyl (C=O) groups excluding carboxylic acids is 3. The van der Waals surface area contributed by atoms with Crippen LogP contribution in [0.5, 0.6) is 0 Å². The Hall–Kier alpha value is -3.86. The smallest absolute Gasteiger partial charge is 0.407 e. The van der Waals surface area contributed by atoms with Crippen LogP contribution in [0.1, 0.15) is 36.7 Å². The molecule has 0 radical (unpaired) electrons. The summed E-state index contributed by atoms with van der Waals surface area (Å²) in [6.45, 7) is 4.92. The number of rotatable bonds is 7. The number of nitrogens with one attached hydrogen (secondary N) is 1. The highest BCUT2D eigenvalue weighted by Gasteiger charge is 2.18. The maximum Gasteiger partial charge on any atom is 0.407 e. The summed E-state index contributed by atoms with van der Waals surface area (Å²) in [5.41, 5.74) is 0.994. The van der Waals surface area contributed by atoms with Gasteiger partial charge in [-0.05, 0) is 50.6 Å². The largest absolute Gasteiger partial charge is 0.452 e. The van der Waals surface area contributed by atoms with Crippen LogP contribution in [0.3, 0.4) is 0 Å². The van der Waals surface area contributed by atoms with Crippen LogP contribution in [0.4, 0.5) is 10.5 Å². The van der Waals surface area contributed by atoms with Gasteiger partial charge in [0.15, 0.2) is 6.61 Å². The SMILES string of the molecule is CC(C)(C)OC(=O)NCc1ccc(C(=O)OCC(=O)N(CC#N)c2ccccc2)cc1. The van der Waals surface area contributed by atoms with Gasteiger partial charge in [-0.2, -0.15) is 5.26 Å². The lowest BCUT2D eigenvalue weighted by Gasteiger charge is -2.19. The fourth-order valence-electron chi connectivity index (χ4n) is 2.54. The first-order chi connectivity index (χ1) is 14.7. The highest BCUT2D eigenvalue weighted by molar-refractivity contribution is 5.97. The van der Waals surface area contributed by atoms with Crippen molar-refractivity contribution in [3.63, 3.8) is 0 Å². The number of nitrogens with zero attached hydrogens (tertiary/aromatic N) is 2. The van der Waals surface area contributed by atoms with Gasteiger partial charge in [-0.25, -0.2) is 9.59 Å². The number of hydrogen-bond acceptors (Lipinski definition) is 6. The molecule has 0 saturated heterocycles. The highest BCUT2D eigenvalue weighted by atomic mass is 16.6. The van der Waals surface area contributed by atoms with E-state index in [2.05, 4.69) is 5.32 Å². The molecule has 31 heavy (non-hydrogen) atoms. The van der Waals surface area contributed by atoms with Gasteiger partial charge in [0.25, 0.3) is 5.91 Å². The normalized spacial score (nSPS) is 10.5. The van der Waals surface area contributed by atoms with Crippen molar-refractivity contribution in [2.45, 2.75) is 32.9 Å². The molecule has 0 spiro atoms. The molecule has 0 aliphatic heterocycles. The molecule has 0 aromatic heterocycles. The number of carbonyl (C=O) groups is 3. The summed E-state index contributed by atoms with van der Waals surface area (Å²) in [6.07, 6.45) is -0.533. The van der Waals surface area contributed by atoms with Gasteiger partial charge in [0.05, 0.1) is 11.6 Å². The van der Waals surface area contributed by atoms with Gasteiger partial charge in [0.2, 0.25) is 0 Å². The molecule has 8 heteroatoms. The zero-order valence-corrected chi connectivity index (χ0v) is 17.8. The highest BCUT2D eigenvalue weighted by Crippen LogP contribution is 2.14. The van der Waals surface area contributed by atoms with E-state index in [0.29, 0.717) is 5.69 Å². The number of alkyl carbamates (subject to hydrolysis) is 1. The minimum atomic E-state index is -0.662. The second-order valence-electron chi connectivity index (χ2n) is 7.60. The molecule has 2 rings (SSSR count). The molecule has 0 heterocycles. The van der Waals surface area contributed by atoms with Gasteiger partial charge in [-0.1, -0.05) is 30.3 Å². The molecule has 2 aromatic rings. The van der Waals surface area contributed by atoms with E-state index >= 15 is 0 Å². The molecular formula is C23H25N3O5. The molecule has 0 atom stereocenters. The molecule has 2 aromatic carbocycles. The predicted octanol–water partition coefficient (Wildman–Crippen LogP) is 3.42. The molecule has 8 nitrogen and oxygen atoms in total. The van der Waals surface area contributed by atoms with E-state index in [0.717, 1.165) is 5.56 Å². The summed E-state index contributed by atoms with van der Waals surface area (Å²) in [5, 5.41) is 11.6. The number of ether oxygens (including phenoxy) is 2. The third-order valence-corrected chi connectivity index (χ3v) is 3.95. The summed E-state index contributed by atoms with van der Waals surface area (Å²) in [6, 6.07) is 17.0. The molecule has 0 unspecified atom stereocenters. The van der Waals surface area contributed by atoms with E-state index in [4.69, 9.17) is 14.7 Å². The van der Waals surface area contributed by atoms with E-state index < -0.39 is 30.2 Å². The Balaban J connectivity index is 1.88. The zero-order chi connectivity index (χ0) is 22.9. The van der Waals surface area contributed by atoms with Crippen LogP contribution in [-0.2, 0) is 20.8 Å². The second-order valence-corrected chi connectivity index (χ2v) is 7.60. The second kappa shape index (κ2) is 10.8. The Morgan fingerprint density at radius 1 is 1.03 bits per heavy atom.